The fraction of sp³-hybridized carbons (Fsp3) is 0.833. The van der Waals surface area contributed by atoms with Crippen LogP contribution in [0.3, 0.4) is 0 Å². The number of carbonyl (C=O) groups excluding carboxylic acids is 1. The molecule has 0 aromatic carbocycles. The molecule has 0 fully saturated rings. The molecule has 1 amide bonds. The van der Waals surface area contributed by atoms with Gasteiger partial charge in [0.05, 0.1) is 0 Å². The van der Waals surface area contributed by atoms with E-state index >= 15 is 0 Å². The third-order valence-electron chi connectivity index (χ3n) is 2.49. The van der Waals surface area contributed by atoms with Gasteiger partial charge in [-0.15, -0.1) is 0 Å². The molecule has 0 saturated heterocycles. The molecule has 0 aromatic heterocycles. The van der Waals surface area contributed by atoms with Crippen LogP contribution in [0.5, 0.6) is 0 Å². The number of carbonyl (C=O) groups is 2. The quantitative estimate of drug-likeness (QED) is 0.628. The summed E-state index contributed by atoms with van der Waals surface area (Å²) in [7, 11) is 0. The van der Waals surface area contributed by atoms with E-state index in [0.29, 0.717) is 6.42 Å². The lowest BCUT2D eigenvalue weighted by Crippen LogP contribution is -2.49. The first-order valence-corrected chi connectivity index (χ1v) is 5.94. The van der Waals surface area contributed by atoms with Crippen LogP contribution in [-0.4, -0.2) is 22.5 Å². The van der Waals surface area contributed by atoms with Crippen molar-refractivity contribution in [2.24, 2.45) is 0 Å². The molecule has 0 saturated carbocycles. The number of unbranched alkanes of at least 4 members (excludes halogenated alkanes) is 4. The summed E-state index contributed by atoms with van der Waals surface area (Å²) in [5, 5.41) is 11.3. The topological polar surface area (TPSA) is 66.4 Å². The van der Waals surface area contributed by atoms with Gasteiger partial charge in [0.1, 0.15) is 5.54 Å². The van der Waals surface area contributed by atoms with Gasteiger partial charge in [-0.25, -0.2) is 4.79 Å². The molecule has 0 rings (SSSR count). The molecule has 4 heteroatoms. The van der Waals surface area contributed by atoms with E-state index in [9.17, 15) is 9.59 Å². The van der Waals surface area contributed by atoms with E-state index in [1.807, 2.05) is 0 Å². The summed E-state index contributed by atoms with van der Waals surface area (Å²) < 4.78 is 0. The highest BCUT2D eigenvalue weighted by atomic mass is 16.4. The molecular formula is C12H23NO3. The molecule has 0 aliphatic carbocycles. The minimum atomic E-state index is -1.17. The third kappa shape index (κ3) is 6.43. The molecule has 94 valence electrons. The summed E-state index contributed by atoms with van der Waals surface area (Å²) in [5.74, 6) is -1.18. The number of amides is 1. The molecule has 0 aliphatic rings. The Hall–Kier alpha value is -1.06. The van der Waals surface area contributed by atoms with Crippen molar-refractivity contribution < 1.29 is 14.7 Å². The summed E-state index contributed by atoms with van der Waals surface area (Å²) in [6, 6.07) is 0. The molecular weight excluding hydrogens is 206 g/mol. The van der Waals surface area contributed by atoms with Gasteiger partial charge in [-0.05, 0) is 20.3 Å². The summed E-state index contributed by atoms with van der Waals surface area (Å²) in [6.07, 6.45) is 5.81. The number of rotatable bonds is 8. The summed E-state index contributed by atoms with van der Waals surface area (Å²) in [5.41, 5.74) is -1.17. The predicted molar refractivity (Wildman–Crippen MR) is 63.2 cm³/mol. The highest BCUT2D eigenvalue weighted by Crippen LogP contribution is 2.07. The highest BCUT2D eigenvalue weighted by Gasteiger charge is 2.28. The smallest absolute Gasteiger partial charge is 0.328 e. The summed E-state index contributed by atoms with van der Waals surface area (Å²) in [6.45, 7) is 5.12. The molecule has 0 aromatic rings. The number of hydrogen-bond acceptors (Lipinski definition) is 2. The van der Waals surface area contributed by atoms with Crippen LogP contribution in [0.1, 0.15) is 59.3 Å². The summed E-state index contributed by atoms with van der Waals surface area (Å²) >= 11 is 0. The number of nitrogens with one attached hydrogen (secondary N) is 1. The highest BCUT2D eigenvalue weighted by molar-refractivity contribution is 5.86. The van der Waals surface area contributed by atoms with Gasteiger partial charge in [0.25, 0.3) is 0 Å². The van der Waals surface area contributed by atoms with Crippen molar-refractivity contribution in [3.63, 3.8) is 0 Å². The average Bonchev–Trinajstić information content (AvgIpc) is 2.16. The van der Waals surface area contributed by atoms with Crippen molar-refractivity contribution in [2.75, 3.05) is 0 Å². The van der Waals surface area contributed by atoms with Crippen molar-refractivity contribution >= 4 is 11.9 Å². The lowest BCUT2D eigenvalue weighted by atomic mass is 10.1. The summed E-state index contributed by atoms with van der Waals surface area (Å²) in [4.78, 5) is 22.2. The van der Waals surface area contributed by atoms with E-state index in [-0.39, 0.29) is 5.91 Å². The van der Waals surface area contributed by atoms with Crippen LogP contribution in [0, 0.1) is 0 Å². The Balaban J connectivity index is 3.71. The van der Waals surface area contributed by atoms with Crippen LogP contribution in [0.25, 0.3) is 0 Å². The van der Waals surface area contributed by atoms with Crippen molar-refractivity contribution in [3.05, 3.63) is 0 Å². The maximum atomic E-state index is 11.4. The number of hydrogen-bond donors (Lipinski definition) is 2. The van der Waals surface area contributed by atoms with Gasteiger partial charge < -0.3 is 10.4 Å². The zero-order valence-corrected chi connectivity index (χ0v) is 10.5. The van der Waals surface area contributed by atoms with Gasteiger partial charge in [-0.2, -0.15) is 0 Å². The van der Waals surface area contributed by atoms with Gasteiger partial charge in [0.15, 0.2) is 0 Å². The number of carboxylic acids is 1. The van der Waals surface area contributed by atoms with Gasteiger partial charge in [0, 0.05) is 6.42 Å². The molecule has 0 aliphatic heterocycles. The zero-order valence-electron chi connectivity index (χ0n) is 10.5. The van der Waals surface area contributed by atoms with Gasteiger partial charge in [-0.3, -0.25) is 4.79 Å². The van der Waals surface area contributed by atoms with Crippen molar-refractivity contribution in [1.29, 1.82) is 0 Å². The second-order valence-electron chi connectivity index (χ2n) is 4.64. The van der Waals surface area contributed by atoms with Crippen LogP contribution in [-0.2, 0) is 9.59 Å². The third-order valence-corrected chi connectivity index (χ3v) is 2.49. The second kappa shape index (κ2) is 7.25. The molecule has 0 spiro atoms. The van der Waals surface area contributed by atoms with E-state index in [1.165, 1.54) is 26.7 Å². The normalized spacial score (nSPS) is 11.2. The van der Waals surface area contributed by atoms with E-state index < -0.39 is 11.5 Å². The molecule has 4 nitrogen and oxygen atoms in total. The first-order chi connectivity index (χ1) is 7.40. The SMILES string of the molecule is CCCCCCCC(=O)NC(C)(C)C(=O)O. The number of aliphatic carboxylic acids is 1. The number of carboxylic acid groups (broad SMARTS) is 1. The molecule has 2 N–H and O–H groups in total. The Labute approximate surface area is 97.4 Å². The van der Waals surface area contributed by atoms with Crippen molar-refractivity contribution in [1.82, 2.24) is 5.32 Å². The molecule has 0 unspecified atom stereocenters. The lowest BCUT2D eigenvalue weighted by Gasteiger charge is -2.20. The van der Waals surface area contributed by atoms with Crippen LogP contribution in [0.4, 0.5) is 0 Å². The standard InChI is InChI=1S/C12H23NO3/c1-4-5-6-7-8-9-10(14)13-12(2,3)11(15)16/h4-9H2,1-3H3,(H,13,14)(H,15,16). The Bertz CT molecular complexity index is 236. The van der Waals surface area contributed by atoms with Gasteiger partial charge in [0.2, 0.25) is 5.91 Å². The first kappa shape index (κ1) is 14.9. The minimum Gasteiger partial charge on any atom is -0.480 e. The molecule has 0 radical (unpaired) electrons. The Morgan fingerprint density at radius 1 is 1.12 bits per heavy atom. The maximum absolute atomic E-state index is 11.4. The van der Waals surface area contributed by atoms with Crippen LogP contribution in [0.2, 0.25) is 0 Å². The predicted octanol–water partition coefficient (Wildman–Crippen LogP) is 2.33. The minimum absolute atomic E-state index is 0.177. The van der Waals surface area contributed by atoms with Crippen molar-refractivity contribution in [3.8, 4) is 0 Å². The zero-order chi connectivity index (χ0) is 12.6. The van der Waals surface area contributed by atoms with E-state index in [1.54, 1.807) is 0 Å². The fourth-order valence-electron chi connectivity index (χ4n) is 1.35. The van der Waals surface area contributed by atoms with Gasteiger partial charge >= 0.3 is 5.97 Å². The molecule has 0 bridgehead atoms. The Morgan fingerprint density at radius 3 is 2.19 bits per heavy atom. The van der Waals surface area contributed by atoms with Crippen LogP contribution >= 0.6 is 0 Å². The van der Waals surface area contributed by atoms with Crippen LogP contribution in [0.15, 0.2) is 0 Å². The molecule has 16 heavy (non-hydrogen) atoms. The van der Waals surface area contributed by atoms with E-state index in [2.05, 4.69) is 12.2 Å². The Kier molecular flexibility index (Phi) is 6.77. The second-order valence-corrected chi connectivity index (χ2v) is 4.64. The monoisotopic (exact) mass is 229 g/mol. The fourth-order valence-corrected chi connectivity index (χ4v) is 1.35. The lowest BCUT2D eigenvalue weighted by molar-refractivity contribution is -0.146. The first-order valence-electron chi connectivity index (χ1n) is 5.94. The largest absolute Gasteiger partial charge is 0.480 e. The molecule has 0 atom stereocenters. The van der Waals surface area contributed by atoms with Gasteiger partial charge in [-0.1, -0.05) is 32.6 Å². The molecule has 0 heterocycles. The Morgan fingerprint density at radius 2 is 1.69 bits per heavy atom. The maximum Gasteiger partial charge on any atom is 0.328 e. The van der Waals surface area contributed by atoms with E-state index in [0.717, 1.165) is 19.3 Å². The van der Waals surface area contributed by atoms with Crippen LogP contribution < -0.4 is 5.32 Å². The average molecular weight is 229 g/mol. The van der Waals surface area contributed by atoms with E-state index in [4.69, 9.17) is 5.11 Å². The van der Waals surface area contributed by atoms with Crippen molar-refractivity contribution in [2.45, 2.75) is 64.8 Å².